The van der Waals surface area contributed by atoms with Gasteiger partial charge in [-0.3, -0.25) is 4.79 Å². The number of benzene rings is 4. The molecule has 1 N–H and O–H groups in total. The zero-order valence-corrected chi connectivity index (χ0v) is 34.8. The van der Waals surface area contributed by atoms with Gasteiger partial charge in [0.1, 0.15) is 0 Å². The van der Waals surface area contributed by atoms with E-state index in [1.54, 1.807) is 12.1 Å². The van der Waals surface area contributed by atoms with E-state index in [1.807, 2.05) is 72.0 Å². The maximum atomic E-state index is 14.5. The maximum Gasteiger partial charge on any atom is 0.435 e. The number of carbonyl (C=O) groups excluding carboxylic acids is 1. The molecule has 4 nitrogen and oxygen atoms in total. The van der Waals surface area contributed by atoms with E-state index in [4.69, 9.17) is 0 Å². The summed E-state index contributed by atoms with van der Waals surface area (Å²) in [5, 5.41) is 20.1. The monoisotopic (exact) mass is 958 g/mol. The van der Waals surface area contributed by atoms with E-state index in [0.29, 0.717) is 5.39 Å². The summed E-state index contributed by atoms with van der Waals surface area (Å²) >= 11 is 1.53. The SMILES string of the molecule is CC(C)(C)c1cc(-c2nnc(C(F)(F)F)c3c(C(F)(F)F)c4ccccc4cc23)[c-]c2cc3sccc3cc12.CCC(CC)C(=O)/C=C(\O)C(CC)CC.[Ir]. The van der Waals surface area contributed by atoms with Crippen LogP contribution in [0.5, 0.6) is 0 Å². The molecule has 0 unspecified atom stereocenters. The third-order valence-electron chi connectivity index (χ3n) is 9.93. The molecule has 12 heteroatoms. The first kappa shape index (κ1) is 43.9. The van der Waals surface area contributed by atoms with Gasteiger partial charge < -0.3 is 5.11 Å². The second-order valence-corrected chi connectivity index (χ2v) is 15.4. The van der Waals surface area contributed by atoms with E-state index in [0.717, 1.165) is 46.7 Å². The normalized spacial score (nSPS) is 12.8. The van der Waals surface area contributed by atoms with Crippen LogP contribution < -0.4 is 0 Å². The third kappa shape index (κ3) is 9.24. The number of hydrogen-bond donors (Lipinski definition) is 1. The Labute approximate surface area is 334 Å². The number of rotatable bonds is 8. The first-order chi connectivity index (χ1) is 25.3. The van der Waals surface area contributed by atoms with Gasteiger partial charge in [0.25, 0.3) is 0 Å². The number of hydrogen-bond acceptors (Lipinski definition) is 5. The topological polar surface area (TPSA) is 63.1 Å². The Morgan fingerprint density at radius 1 is 0.800 bits per heavy atom. The molecule has 6 rings (SSSR count). The summed E-state index contributed by atoms with van der Waals surface area (Å²) in [4.78, 5) is 11.7. The average molecular weight is 958 g/mol. The predicted octanol–water partition coefficient (Wildman–Crippen LogP) is 13.8. The molecule has 0 aliphatic carbocycles. The molecule has 0 atom stereocenters. The molecule has 0 saturated carbocycles. The molecule has 295 valence electrons. The first-order valence-corrected chi connectivity index (χ1v) is 18.9. The van der Waals surface area contributed by atoms with E-state index in [-0.39, 0.29) is 70.9 Å². The minimum Gasteiger partial charge on any atom is -0.512 e. The molecule has 0 fully saturated rings. The van der Waals surface area contributed by atoms with Crippen molar-refractivity contribution in [3.63, 3.8) is 0 Å². The van der Waals surface area contributed by atoms with Crippen molar-refractivity contribution in [1.29, 1.82) is 0 Å². The Morgan fingerprint density at radius 2 is 1.42 bits per heavy atom. The van der Waals surface area contributed by atoms with Crippen molar-refractivity contribution in [3.8, 4) is 11.3 Å². The van der Waals surface area contributed by atoms with E-state index in [1.165, 1.54) is 41.7 Å². The van der Waals surface area contributed by atoms with Crippen LogP contribution in [0.1, 0.15) is 91.0 Å². The quantitative estimate of drug-likeness (QED) is 0.0543. The molecule has 4 aromatic carbocycles. The number of ketones is 1. The van der Waals surface area contributed by atoms with Crippen molar-refractivity contribution >= 4 is 59.5 Å². The van der Waals surface area contributed by atoms with Crippen LogP contribution in [0.4, 0.5) is 26.3 Å². The fourth-order valence-corrected chi connectivity index (χ4v) is 7.75. The molecule has 0 spiro atoms. The molecule has 2 aromatic heterocycles. The molecule has 1 radical (unpaired) electrons. The number of aliphatic hydroxyl groups excluding tert-OH is 1. The van der Waals surface area contributed by atoms with E-state index < -0.39 is 34.4 Å². The van der Waals surface area contributed by atoms with Gasteiger partial charge in [-0.2, -0.15) is 47.9 Å². The van der Waals surface area contributed by atoms with Crippen molar-refractivity contribution in [2.75, 3.05) is 0 Å². The molecule has 0 aliphatic rings. The Balaban J connectivity index is 0.000000360. The van der Waals surface area contributed by atoms with Crippen LogP contribution in [0.3, 0.4) is 0 Å². The van der Waals surface area contributed by atoms with Crippen LogP contribution in [0.25, 0.3) is 53.7 Å². The van der Waals surface area contributed by atoms with Crippen LogP contribution in [0, 0.1) is 17.9 Å². The second kappa shape index (κ2) is 17.1. The van der Waals surface area contributed by atoms with Crippen LogP contribution >= 0.6 is 11.3 Å². The van der Waals surface area contributed by atoms with Gasteiger partial charge in [0.15, 0.2) is 11.5 Å². The minimum absolute atomic E-state index is 0. The van der Waals surface area contributed by atoms with Crippen LogP contribution in [-0.4, -0.2) is 21.1 Å². The molecule has 2 heterocycles. The fourth-order valence-electron chi connectivity index (χ4n) is 6.94. The molecule has 6 aromatic rings. The predicted molar refractivity (Wildman–Crippen MR) is 207 cm³/mol. The summed E-state index contributed by atoms with van der Waals surface area (Å²) in [6, 6.07) is 17.8. The number of aromatic nitrogens is 2. The Hall–Kier alpha value is -3.86. The van der Waals surface area contributed by atoms with Gasteiger partial charge >= 0.3 is 12.4 Å². The number of aliphatic hydroxyl groups is 1. The van der Waals surface area contributed by atoms with Gasteiger partial charge in [0, 0.05) is 53.8 Å². The van der Waals surface area contributed by atoms with Gasteiger partial charge in [-0.1, -0.05) is 95.8 Å². The van der Waals surface area contributed by atoms with Gasteiger partial charge in [0.2, 0.25) is 0 Å². The van der Waals surface area contributed by atoms with Gasteiger partial charge in [-0.25, -0.2) is 0 Å². The van der Waals surface area contributed by atoms with Crippen molar-refractivity contribution in [2.24, 2.45) is 11.8 Å². The smallest absolute Gasteiger partial charge is 0.435 e. The Bertz CT molecular complexity index is 2350. The van der Waals surface area contributed by atoms with Crippen molar-refractivity contribution in [3.05, 3.63) is 94.7 Å². The number of allylic oxidation sites excluding steroid dienone is 2. The first-order valence-electron chi connectivity index (χ1n) is 18.0. The van der Waals surface area contributed by atoms with E-state index in [2.05, 4.69) is 16.3 Å². The standard InChI is InChI=1S/C30H19F6N2S.C13H24O2.Ir/c1-28(2,3)22-13-18(10-17-14-23-16(8-9-39-23)12-20(17)22)26-21-11-15-6-4-5-7-19(15)25(29(31,32)33)24(21)27(38-37-26)30(34,35)36;1-5-10(6-2)12(14)9-13(15)11(7-3)8-4;/h4-9,11-14H,1-3H3;9-11,14H,5-8H2,1-4H3;/q-1;;/b;12-9-;. The van der Waals surface area contributed by atoms with Gasteiger partial charge in [0.05, 0.1) is 11.3 Å². The number of nitrogens with zero attached hydrogens (tertiary/aromatic N) is 2. The summed E-state index contributed by atoms with van der Waals surface area (Å²) in [5.74, 6) is 0.547. The summed E-state index contributed by atoms with van der Waals surface area (Å²) < 4.78 is 86.7. The fraction of sp³-hybridized carbons (Fsp3) is 0.372. The summed E-state index contributed by atoms with van der Waals surface area (Å²) in [6.07, 6.45) is -5.32. The van der Waals surface area contributed by atoms with Crippen molar-refractivity contribution in [2.45, 2.75) is 91.9 Å². The van der Waals surface area contributed by atoms with Crippen LogP contribution in [0.2, 0.25) is 0 Å². The Kier molecular flexibility index (Phi) is 13.6. The molecule has 55 heavy (non-hydrogen) atoms. The van der Waals surface area contributed by atoms with E-state index in [9.17, 15) is 36.2 Å². The number of thiophene rings is 1. The number of halogens is 6. The van der Waals surface area contributed by atoms with Crippen LogP contribution in [-0.2, 0) is 42.7 Å². The van der Waals surface area contributed by atoms with Crippen molar-refractivity contribution < 1.29 is 56.3 Å². The van der Waals surface area contributed by atoms with Crippen molar-refractivity contribution in [1.82, 2.24) is 10.2 Å². The zero-order chi connectivity index (χ0) is 39.7. The summed E-state index contributed by atoms with van der Waals surface area (Å²) in [6.45, 7) is 14.1. The molecule has 0 amide bonds. The average Bonchev–Trinajstić information content (AvgIpc) is 3.56. The summed E-state index contributed by atoms with van der Waals surface area (Å²) in [7, 11) is 0. The Morgan fingerprint density at radius 3 is 2.00 bits per heavy atom. The number of fused-ring (bicyclic) bond motifs is 4. The number of carbonyl (C=O) groups is 1. The molecule has 0 saturated heterocycles. The zero-order valence-electron chi connectivity index (χ0n) is 31.6. The molecular formula is C43H43F6IrN2O2S-. The molecule has 0 aliphatic heterocycles. The van der Waals surface area contributed by atoms with Gasteiger partial charge in [-0.05, 0) is 64.1 Å². The maximum absolute atomic E-state index is 14.5. The molecular weight excluding hydrogens is 915 g/mol. The molecule has 0 bridgehead atoms. The second-order valence-electron chi connectivity index (χ2n) is 14.5. The van der Waals surface area contributed by atoms with Crippen LogP contribution in [0.15, 0.2) is 71.8 Å². The van der Waals surface area contributed by atoms with Gasteiger partial charge in [-0.15, -0.1) is 29.1 Å². The largest absolute Gasteiger partial charge is 0.512 e. The minimum atomic E-state index is -5.15. The van der Waals surface area contributed by atoms with E-state index >= 15 is 0 Å². The number of alkyl halides is 6. The summed E-state index contributed by atoms with van der Waals surface area (Å²) in [5.41, 5.74) is -2.39. The third-order valence-corrected chi connectivity index (χ3v) is 10.8.